The van der Waals surface area contributed by atoms with Crippen molar-refractivity contribution < 1.29 is 31.9 Å². The Morgan fingerprint density at radius 1 is 0.977 bits per heavy atom. The number of carbonyl (C=O) groups is 2. The van der Waals surface area contributed by atoms with Crippen LogP contribution >= 0.6 is 11.6 Å². The Morgan fingerprint density at radius 3 is 2.21 bits per heavy atom. The lowest BCUT2D eigenvalue weighted by Crippen LogP contribution is -2.55. The summed E-state index contributed by atoms with van der Waals surface area (Å²) in [5.41, 5.74) is 0.201. The molecule has 0 saturated heterocycles. The maximum Gasteiger partial charge on any atom is 0.264 e. The summed E-state index contributed by atoms with van der Waals surface area (Å²) in [6.07, 6.45) is 0.271. The minimum atomic E-state index is -4.38. The van der Waals surface area contributed by atoms with Crippen molar-refractivity contribution in [2.75, 3.05) is 24.1 Å². The van der Waals surface area contributed by atoms with E-state index in [1.54, 1.807) is 31.2 Å². The average Bonchev–Trinajstić information content (AvgIpc) is 2.96. The van der Waals surface area contributed by atoms with E-state index in [0.717, 1.165) is 16.4 Å². The number of benzene rings is 3. The number of ether oxygens (including phenoxy) is 2. The molecular formula is C31H35ClFN3O6S. The third-order valence-corrected chi connectivity index (χ3v) is 8.67. The van der Waals surface area contributed by atoms with Crippen LogP contribution in [0.1, 0.15) is 39.7 Å². The molecule has 1 unspecified atom stereocenters. The lowest BCUT2D eigenvalue weighted by molar-refractivity contribution is -0.141. The van der Waals surface area contributed by atoms with Crippen LogP contribution in [0.15, 0.2) is 71.6 Å². The molecule has 3 aromatic rings. The smallest absolute Gasteiger partial charge is 0.264 e. The zero-order valence-corrected chi connectivity index (χ0v) is 26.0. The summed E-state index contributed by atoms with van der Waals surface area (Å²) in [7, 11) is -4.38. The van der Waals surface area contributed by atoms with Crippen LogP contribution < -0.4 is 19.1 Å². The number of amides is 2. The lowest BCUT2D eigenvalue weighted by atomic mass is 10.1. The first-order valence-corrected chi connectivity index (χ1v) is 15.6. The average molecular weight is 632 g/mol. The molecule has 2 amide bonds. The molecule has 230 valence electrons. The SMILES string of the molecule is CCC(C(=O)NC(C)(C)C)N(Cc1ccc(Cl)cc1)C(=O)CN(c1ccc(F)cc1)S(=O)(=O)c1ccc2c(c1)OCCO2. The van der Waals surface area contributed by atoms with Gasteiger partial charge in [0.25, 0.3) is 10.0 Å². The molecule has 0 aromatic heterocycles. The molecule has 0 bridgehead atoms. The minimum Gasteiger partial charge on any atom is -0.486 e. The molecule has 12 heteroatoms. The van der Waals surface area contributed by atoms with Gasteiger partial charge in [-0.1, -0.05) is 30.7 Å². The van der Waals surface area contributed by atoms with E-state index < -0.39 is 39.9 Å². The maximum absolute atomic E-state index is 14.1. The van der Waals surface area contributed by atoms with Crippen molar-refractivity contribution >= 4 is 39.1 Å². The van der Waals surface area contributed by atoms with Gasteiger partial charge < -0.3 is 19.7 Å². The van der Waals surface area contributed by atoms with Gasteiger partial charge in [-0.05, 0) is 81.3 Å². The Labute approximate surface area is 256 Å². The highest BCUT2D eigenvalue weighted by molar-refractivity contribution is 7.92. The second-order valence-electron chi connectivity index (χ2n) is 11.1. The molecule has 3 aromatic carbocycles. The maximum atomic E-state index is 14.1. The molecule has 0 radical (unpaired) electrons. The predicted octanol–water partition coefficient (Wildman–Crippen LogP) is 5.17. The van der Waals surface area contributed by atoms with E-state index in [4.69, 9.17) is 21.1 Å². The van der Waals surface area contributed by atoms with E-state index in [9.17, 15) is 22.4 Å². The first-order valence-electron chi connectivity index (χ1n) is 13.8. The highest BCUT2D eigenvalue weighted by atomic mass is 35.5. The van der Waals surface area contributed by atoms with Crippen LogP contribution in [0.2, 0.25) is 5.02 Å². The third-order valence-electron chi connectivity index (χ3n) is 6.65. The van der Waals surface area contributed by atoms with Gasteiger partial charge in [-0.25, -0.2) is 12.8 Å². The van der Waals surface area contributed by atoms with Crippen molar-refractivity contribution in [2.45, 2.75) is 57.1 Å². The van der Waals surface area contributed by atoms with Gasteiger partial charge in [-0.2, -0.15) is 0 Å². The largest absolute Gasteiger partial charge is 0.486 e. The number of fused-ring (bicyclic) bond motifs is 1. The molecule has 1 heterocycles. The first kappa shape index (κ1) is 32.1. The van der Waals surface area contributed by atoms with Crippen molar-refractivity contribution in [1.29, 1.82) is 0 Å². The number of carbonyl (C=O) groups excluding carboxylic acids is 2. The van der Waals surface area contributed by atoms with Gasteiger partial charge in [-0.3, -0.25) is 13.9 Å². The van der Waals surface area contributed by atoms with Crippen LogP contribution in [0.5, 0.6) is 11.5 Å². The Bertz CT molecular complexity index is 1560. The summed E-state index contributed by atoms with van der Waals surface area (Å²) in [6, 6.07) is 14.9. The molecule has 1 N–H and O–H groups in total. The second kappa shape index (κ2) is 13.2. The van der Waals surface area contributed by atoms with Crippen molar-refractivity contribution in [2.24, 2.45) is 0 Å². The topological polar surface area (TPSA) is 105 Å². The predicted molar refractivity (Wildman–Crippen MR) is 162 cm³/mol. The molecule has 1 aliphatic heterocycles. The van der Waals surface area contributed by atoms with Crippen molar-refractivity contribution in [1.82, 2.24) is 10.2 Å². The van der Waals surface area contributed by atoms with Gasteiger partial charge in [0.2, 0.25) is 11.8 Å². The Kier molecular flexibility index (Phi) is 9.86. The molecule has 0 spiro atoms. The van der Waals surface area contributed by atoms with Crippen LogP contribution in [-0.2, 0) is 26.2 Å². The van der Waals surface area contributed by atoms with Crippen molar-refractivity contribution in [3.8, 4) is 11.5 Å². The quantitative estimate of drug-likeness (QED) is 0.331. The number of nitrogens with one attached hydrogen (secondary N) is 1. The molecule has 1 atom stereocenters. The Balaban J connectivity index is 1.75. The minimum absolute atomic E-state index is 0.0212. The van der Waals surface area contributed by atoms with E-state index >= 15 is 0 Å². The van der Waals surface area contributed by atoms with Gasteiger partial charge in [0.15, 0.2) is 11.5 Å². The summed E-state index contributed by atoms with van der Waals surface area (Å²) >= 11 is 6.06. The molecule has 4 rings (SSSR count). The number of hydrogen-bond donors (Lipinski definition) is 1. The number of hydrogen-bond acceptors (Lipinski definition) is 6. The third kappa shape index (κ3) is 7.97. The highest BCUT2D eigenvalue weighted by Crippen LogP contribution is 2.34. The van der Waals surface area contributed by atoms with Crippen LogP contribution in [0.25, 0.3) is 0 Å². The summed E-state index contributed by atoms with van der Waals surface area (Å²) in [6.45, 7) is 7.23. The van der Waals surface area contributed by atoms with E-state index in [-0.39, 0.29) is 41.8 Å². The van der Waals surface area contributed by atoms with Crippen molar-refractivity contribution in [3.63, 3.8) is 0 Å². The molecular weight excluding hydrogens is 597 g/mol. The second-order valence-corrected chi connectivity index (χ2v) is 13.4. The zero-order chi connectivity index (χ0) is 31.4. The summed E-state index contributed by atoms with van der Waals surface area (Å²) in [5, 5.41) is 3.43. The van der Waals surface area contributed by atoms with Crippen molar-refractivity contribution in [3.05, 3.63) is 83.1 Å². The van der Waals surface area contributed by atoms with Gasteiger partial charge in [0, 0.05) is 23.2 Å². The number of sulfonamides is 1. The van der Waals surface area contributed by atoms with Crippen LogP contribution in [0, 0.1) is 5.82 Å². The van der Waals surface area contributed by atoms with Gasteiger partial charge in [-0.15, -0.1) is 0 Å². The standard InChI is InChI=1S/C31H35ClFN3O6S/c1-5-26(30(38)34-31(2,3)4)35(19-21-6-8-22(32)9-7-21)29(37)20-36(24-12-10-23(33)11-13-24)43(39,40)25-14-15-27-28(18-25)42-17-16-41-27/h6-15,18,26H,5,16-17,19-20H2,1-4H3,(H,34,38). The van der Waals surface area contributed by atoms with E-state index in [2.05, 4.69) is 5.32 Å². The molecule has 0 aliphatic carbocycles. The monoisotopic (exact) mass is 631 g/mol. The van der Waals surface area contributed by atoms with Gasteiger partial charge in [0.05, 0.1) is 10.6 Å². The van der Waals surface area contributed by atoms with Crippen LogP contribution in [-0.4, -0.2) is 56.5 Å². The normalized spacial score (nSPS) is 13.6. The summed E-state index contributed by atoms with van der Waals surface area (Å²) < 4.78 is 54.1. The van der Waals surface area contributed by atoms with E-state index in [1.807, 2.05) is 20.8 Å². The fourth-order valence-corrected chi connectivity index (χ4v) is 6.16. The molecule has 9 nitrogen and oxygen atoms in total. The van der Waals surface area contributed by atoms with Crippen LogP contribution in [0.3, 0.4) is 0 Å². The highest BCUT2D eigenvalue weighted by Gasteiger charge is 2.35. The number of halogens is 2. The van der Waals surface area contributed by atoms with Gasteiger partial charge >= 0.3 is 0 Å². The number of anilines is 1. The Morgan fingerprint density at radius 2 is 1.60 bits per heavy atom. The first-order chi connectivity index (χ1) is 20.3. The molecule has 1 aliphatic rings. The lowest BCUT2D eigenvalue weighted by Gasteiger charge is -2.34. The van der Waals surface area contributed by atoms with E-state index in [0.29, 0.717) is 22.9 Å². The summed E-state index contributed by atoms with van der Waals surface area (Å²) in [5.74, 6) is -0.913. The fraction of sp³-hybridized carbons (Fsp3) is 0.355. The fourth-order valence-electron chi connectivity index (χ4n) is 4.61. The zero-order valence-electron chi connectivity index (χ0n) is 24.5. The molecule has 0 saturated carbocycles. The summed E-state index contributed by atoms with van der Waals surface area (Å²) in [4.78, 5) is 28.8. The molecule has 0 fully saturated rings. The number of nitrogens with zero attached hydrogens (tertiary/aromatic N) is 2. The Hall–Kier alpha value is -3.83. The van der Waals surface area contributed by atoms with E-state index in [1.165, 1.54) is 35.2 Å². The van der Waals surface area contributed by atoms with Crippen LogP contribution in [0.4, 0.5) is 10.1 Å². The number of rotatable bonds is 10. The molecule has 43 heavy (non-hydrogen) atoms. The van der Waals surface area contributed by atoms with Gasteiger partial charge in [0.1, 0.15) is 31.6 Å².